The Balaban J connectivity index is 1.83. The molecule has 8 heteroatoms. The van der Waals surface area contributed by atoms with Gasteiger partial charge >= 0.3 is 5.97 Å². The Kier molecular flexibility index (Phi) is 8.03. The van der Waals surface area contributed by atoms with Gasteiger partial charge in [-0.1, -0.05) is 29.8 Å². The minimum Gasteiger partial charge on any atom is -0.493 e. The second-order valence-corrected chi connectivity index (χ2v) is 6.67. The van der Waals surface area contributed by atoms with Crippen molar-refractivity contribution in [3.05, 3.63) is 58.1 Å². The van der Waals surface area contributed by atoms with Gasteiger partial charge in [0.15, 0.2) is 6.61 Å². The van der Waals surface area contributed by atoms with E-state index in [-0.39, 0.29) is 6.54 Å². The van der Waals surface area contributed by atoms with Crippen molar-refractivity contribution >= 4 is 35.1 Å². The van der Waals surface area contributed by atoms with Gasteiger partial charge in [0.1, 0.15) is 12.3 Å². The molecule has 0 aliphatic carbocycles. The Labute approximate surface area is 174 Å². The Morgan fingerprint density at radius 3 is 2.52 bits per heavy atom. The molecule has 2 aromatic rings. The maximum absolute atomic E-state index is 12.2. The molecule has 2 rings (SSSR count). The number of anilines is 1. The summed E-state index contributed by atoms with van der Waals surface area (Å²) in [6.45, 7) is 5.06. The zero-order chi connectivity index (χ0) is 21.4. The fraction of sp³-hybridized carbons (Fsp3) is 0.286. The first kappa shape index (κ1) is 22.2. The molecule has 0 bridgehead atoms. The normalized spacial score (nSPS) is 10.2. The molecule has 2 amide bonds. The van der Waals surface area contributed by atoms with Crippen LogP contribution in [0.2, 0.25) is 5.02 Å². The van der Waals surface area contributed by atoms with E-state index in [9.17, 15) is 14.4 Å². The van der Waals surface area contributed by atoms with E-state index in [1.807, 2.05) is 26.8 Å². The van der Waals surface area contributed by atoms with Crippen molar-refractivity contribution in [1.82, 2.24) is 5.32 Å². The van der Waals surface area contributed by atoms with Gasteiger partial charge in [-0.2, -0.15) is 0 Å². The smallest absolute Gasteiger partial charge is 0.325 e. The minimum absolute atomic E-state index is 0.310. The van der Waals surface area contributed by atoms with Crippen molar-refractivity contribution in [2.45, 2.75) is 20.8 Å². The molecule has 0 saturated heterocycles. The molecule has 0 radical (unpaired) electrons. The van der Waals surface area contributed by atoms with Gasteiger partial charge in [0.2, 0.25) is 0 Å². The number of carbonyl (C=O) groups is 3. The van der Waals surface area contributed by atoms with Gasteiger partial charge in [-0.3, -0.25) is 14.4 Å². The first-order valence-electron chi connectivity index (χ1n) is 9.04. The number of halogens is 1. The van der Waals surface area contributed by atoms with Crippen molar-refractivity contribution < 1.29 is 23.9 Å². The van der Waals surface area contributed by atoms with Crippen LogP contribution in [0.1, 0.15) is 28.4 Å². The third-order valence-electron chi connectivity index (χ3n) is 3.89. The molecule has 0 aliphatic heterocycles. The number of ether oxygens (including phenoxy) is 2. The maximum atomic E-state index is 12.2. The van der Waals surface area contributed by atoms with Crippen molar-refractivity contribution in [2.75, 3.05) is 25.1 Å². The quantitative estimate of drug-likeness (QED) is 0.642. The summed E-state index contributed by atoms with van der Waals surface area (Å²) in [6, 6.07) is 10.3. The largest absolute Gasteiger partial charge is 0.493 e. The molecule has 29 heavy (non-hydrogen) atoms. The van der Waals surface area contributed by atoms with Crippen LogP contribution in [-0.4, -0.2) is 37.5 Å². The zero-order valence-corrected chi connectivity index (χ0v) is 17.3. The first-order valence-corrected chi connectivity index (χ1v) is 9.41. The van der Waals surface area contributed by atoms with Gasteiger partial charge in [-0.15, -0.1) is 0 Å². The lowest BCUT2D eigenvalue weighted by Gasteiger charge is -2.12. The molecular formula is C21H23ClN2O5. The van der Waals surface area contributed by atoms with Crippen LogP contribution < -0.4 is 15.4 Å². The summed E-state index contributed by atoms with van der Waals surface area (Å²) >= 11 is 6.14. The highest BCUT2D eigenvalue weighted by molar-refractivity contribution is 6.34. The molecule has 0 fully saturated rings. The summed E-state index contributed by atoms with van der Waals surface area (Å²) in [7, 11) is 0. The van der Waals surface area contributed by atoms with E-state index in [2.05, 4.69) is 10.6 Å². The predicted octanol–water partition coefficient (Wildman–Crippen LogP) is 3.27. The van der Waals surface area contributed by atoms with Crippen LogP contribution in [-0.2, 0) is 14.3 Å². The zero-order valence-electron chi connectivity index (χ0n) is 16.5. The lowest BCUT2D eigenvalue weighted by molar-refractivity contribution is -0.146. The lowest BCUT2D eigenvalue weighted by atomic mass is 10.1. The topological polar surface area (TPSA) is 93.7 Å². The molecule has 2 N–H and O–H groups in total. The second kappa shape index (κ2) is 10.5. The van der Waals surface area contributed by atoms with Gasteiger partial charge < -0.3 is 20.1 Å². The van der Waals surface area contributed by atoms with E-state index >= 15 is 0 Å². The third kappa shape index (κ3) is 6.50. The Bertz CT molecular complexity index is 891. The summed E-state index contributed by atoms with van der Waals surface area (Å²) in [6.07, 6.45) is 0. The average molecular weight is 419 g/mol. The number of carbonyl (C=O) groups excluding carboxylic acids is 3. The van der Waals surface area contributed by atoms with Crippen molar-refractivity contribution in [2.24, 2.45) is 0 Å². The van der Waals surface area contributed by atoms with Crippen LogP contribution >= 0.6 is 11.6 Å². The number of nitrogens with one attached hydrogen (secondary N) is 2. The first-order chi connectivity index (χ1) is 13.8. The molecular weight excluding hydrogens is 396 g/mol. The highest BCUT2D eigenvalue weighted by atomic mass is 35.5. The van der Waals surface area contributed by atoms with Crippen molar-refractivity contribution in [3.8, 4) is 5.75 Å². The van der Waals surface area contributed by atoms with Gasteiger partial charge in [-0.05, 0) is 50.1 Å². The summed E-state index contributed by atoms with van der Waals surface area (Å²) in [5.41, 5.74) is 2.55. The van der Waals surface area contributed by atoms with E-state index in [1.54, 1.807) is 30.3 Å². The molecule has 0 heterocycles. The van der Waals surface area contributed by atoms with Gasteiger partial charge in [0.25, 0.3) is 11.8 Å². The number of esters is 1. The van der Waals surface area contributed by atoms with Crippen LogP contribution in [0.25, 0.3) is 0 Å². The number of hydrogen-bond donors (Lipinski definition) is 2. The van der Waals surface area contributed by atoms with Crippen molar-refractivity contribution in [1.29, 1.82) is 0 Å². The number of hydrogen-bond acceptors (Lipinski definition) is 5. The highest BCUT2D eigenvalue weighted by Gasteiger charge is 2.15. The summed E-state index contributed by atoms with van der Waals surface area (Å²) < 4.78 is 10.3. The summed E-state index contributed by atoms with van der Waals surface area (Å²) in [4.78, 5) is 36.1. The highest BCUT2D eigenvalue weighted by Crippen LogP contribution is 2.27. The van der Waals surface area contributed by atoms with E-state index in [4.69, 9.17) is 21.1 Å². The summed E-state index contributed by atoms with van der Waals surface area (Å²) in [5.74, 6) is -1.32. The van der Waals surface area contributed by atoms with Gasteiger partial charge in [0.05, 0.1) is 22.9 Å². The van der Waals surface area contributed by atoms with Gasteiger partial charge in [0, 0.05) is 0 Å². The van der Waals surface area contributed by atoms with Crippen LogP contribution in [0, 0.1) is 13.8 Å². The fourth-order valence-corrected chi connectivity index (χ4v) is 3.00. The van der Waals surface area contributed by atoms with E-state index in [1.165, 1.54) is 0 Å². The molecule has 0 aliphatic rings. The molecule has 0 atom stereocenters. The van der Waals surface area contributed by atoms with Crippen molar-refractivity contribution in [3.63, 3.8) is 0 Å². The number of rotatable bonds is 8. The molecule has 0 spiro atoms. The predicted molar refractivity (Wildman–Crippen MR) is 110 cm³/mol. The second-order valence-electron chi connectivity index (χ2n) is 6.26. The van der Waals surface area contributed by atoms with Crippen LogP contribution in [0.4, 0.5) is 5.69 Å². The fourth-order valence-electron chi connectivity index (χ4n) is 2.63. The van der Waals surface area contributed by atoms with Crippen LogP contribution in [0.3, 0.4) is 0 Å². The minimum atomic E-state index is -0.742. The van der Waals surface area contributed by atoms with E-state index in [0.29, 0.717) is 28.6 Å². The summed E-state index contributed by atoms with van der Waals surface area (Å²) in [5, 5.41) is 5.48. The third-order valence-corrected chi connectivity index (χ3v) is 4.18. The maximum Gasteiger partial charge on any atom is 0.325 e. The lowest BCUT2D eigenvalue weighted by Crippen LogP contribution is -2.32. The number of aryl methyl sites for hydroxylation is 2. The number of amides is 2. The standard InChI is InChI=1S/C21H23ClN2O5/c1-4-28-17-8-6-5-7-15(17)21(27)23-11-19(26)29-12-18(25)24-20-14(3)9-13(2)10-16(20)22/h5-10H,4,11-12H2,1-3H3,(H,23,27)(H,24,25). The Morgan fingerprint density at radius 2 is 1.83 bits per heavy atom. The molecule has 0 saturated carbocycles. The van der Waals surface area contributed by atoms with Crippen LogP contribution in [0.15, 0.2) is 36.4 Å². The molecule has 2 aromatic carbocycles. The molecule has 7 nitrogen and oxygen atoms in total. The number of benzene rings is 2. The Morgan fingerprint density at radius 1 is 1.10 bits per heavy atom. The van der Waals surface area contributed by atoms with E-state index < -0.39 is 24.4 Å². The van der Waals surface area contributed by atoms with Crippen LogP contribution in [0.5, 0.6) is 5.75 Å². The SMILES string of the molecule is CCOc1ccccc1C(=O)NCC(=O)OCC(=O)Nc1c(C)cc(C)cc1Cl. The molecule has 0 unspecified atom stereocenters. The molecule has 154 valence electrons. The van der Waals surface area contributed by atoms with E-state index in [0.717, 1.165) is 11.1 Å². The number of para-hydroxylation sites is 1. The molecule has 0 aromatic heterocycles. The monoisotopic (exact) mass is 418 g/mol. The van der Waals surface area contributed by atoms with Gasteiger partial charge in [-0.25, -0.2) is 0 Å². The average Bonchev–Trinajstić information content (AvgIpc) is 2.68. The Hall–Kier alpha value is -3.06.